The first-order valence-electron chi connectivity index (χ1n) is 9.41. The molecule has 8 atom stereocenters. The lowest BCUT2D eigenvalue weighted by Crippen LogP contribution is -2.37. The van der Waals surface area contributed by atoms with Gasteiger partial charge in [-0.05, 0) is 12.5 Å². The standard InChI is InChI=1S/C13H20N5O14P3/c1-6-3-18(13(20)16-12(6)19)9-8-10(28-5-15-17-14)7(30-11(8)9)4-29-34(23,24)32-35(25,26)31-33(21,22)27-2/h3,7-11H,4-5H2,1-2H3,(H,21,22)(H,23,24)(H,25,26)(H,16,19,20)/t7-,8?,9?,10-,11-/m1/s1. The molecule has 19 nitrogen and oxygen atoms in total. The molecular weight excluding hydrogens is 543 g/mol. The van der Waals surface area contributed by atoms with Gasteiger partial charge in [-0.1, -0.05) is 5.11 Å². The first-order valence-corrected chi connectivity index (χ1v) is 13.9. The Morgan fingerprint density at radius 3 is 2.49 bits per heavy atom. The minimum absolute atomic E-state index is 0.260. The number of fused-ring (bicyclic) bond motifs is 1. The molecule has 1 aromatic rings. The summed E-state index contributed by atoms with van der Waals surface area (Å²) in [4.78, 5) is 56.7. The van der Waals surface area contributed by atoms with Crippen molar-refractivity contribution in [2.24, 2.45) is 11.0 Å². The molecule has 22 heteroatoms. The Bertz CT molecular complexity index is 1270. The van der Waals surface area contributed by atoms with Gasteiger partial charge in [0.25, 0.3) is 5.56 Å². The Morgan fingerprint density at radius 2 is 1.86 bits per heavy atom. The summed E-state index contributed by atoms with van der Waals surface area (Å²) in [6.45, 7) is 0.270. The average Bonchev–Trinajstić information content (AvgIpc) is 3.31. The number of phosphoric acid groups is 3. The van der Waals surface area contributed by atoms with Gasteiger partial charge in [0.1, 0.15) is 12.8 Å². The van der Waals surface area contributed by atoms with Gasteiger partial charge in [-0.3, -0.25) is 23.4 Å². The second-order valence-electron chi connectivity index (χ2n) is 7.22. The third-order valence-electron chi connectivity index (χ3n) is 4.95. The molecule has 1 aliphatic carbocycles. The van der Waals surface area contributed by atoms with E-state index >= 15 is 0 Å². The van der Waals surface area contributed by atoms with Crippen LogP contribution in [0.5, 0.6) is 0 Å². The Balaban J connectivity index is 1.69. The van der Waals surface area contributed by atoms with Gasteiger partial charge in [-0.25, -0.2) is 18.5 Å². The summed E-state index contributed by atoms with van der Waals surface area (Å²) in [6.07, 6.45) is -1.37. The normalized spacial score (nSPS) is 30.4. The van der Waals surface area contributed by atoms with Crippen LogP contribution in [0.1, 0.15) is 11.6 Å². The fourth-order valence-corrected chi connectivity index (χ4v) is 6.78. The summed E-state index contributed by atoms with van der Waals surface area (Å²) in [6, 6.07) is -0.582. The van der Waals surface area contributed by atoms with Crippen molar-refractivity contribution in [1.82, 2.24) is 9.55 Å². The highest BCUT2D eigenvalue weighted by molar-refractivity contribution is 7.66. The van der Waals surface area contributed by atoms with Gasteiger partial charge in [-0.15, -0.1) is 0 Å². The molecule has 1 saturated carbocycles. The zero-order chi connectivity index (χ0) is 26.2. The van der Waals surface area contributed by atoms with Crippen molar-refractivity contribution in [3.8, 4) is 0 Å². The third-order valence-corrected chi connectivity index (χ3v) is 9.19. The lowest BCUT2D eigenvalue weighted by atomic mass is 10.1. The van der Waals surface area contributed by atoms with E-state index in [1.165, 1.54) is 17.7 Å². The number of H-pyrrole nitrogens is 1. The molecule has 5 unspecified atom stereocenters. The van der Waals surface area contributed by atoms with Crippen LogP contribution in [0.2, 0.25) is 0 Å². The van der Waals surface area contributed by atoms with E-state index in [-0.39, 0.29) is 5.56 Å². The Hall–Kier alpha value is -1.68. The fourth-order valence-electron chi connectivity index (χ4n) is 3.52. The fraction of sp³-hybridized carbons (Fsp3) is 0.692. The van der Waals surface area contributed by atoms with Crippen molar-refractivity contribution in [3.05, 3.63) is 43.0 Å². The largest absolute Gasteiger partial charge is 0.490 e. The van der Waals surface area contributed by atoms with Gasteiger partial charge < -0.3 is 24.2 Å². The number of hydrogen-bond donors (Lipinski definition) is 4. The van der Waals surface area contributed by atoms with Crippen LogP contribution in [0.4, 0.5) is 0 Å². The maximum atomic E-state index is 12.2. The highest BCUT2D eigenvalue weighted by Gasteiger charge is 2.66. The average molecular weight is 563 g/mol. The second kappa shape index (κ2) is 10.4. The van der Waals surface area contributed by atoms with Gasteiger partial charge >= 0.3 is 29.2 Å². The molecule has 0 amide bonds. The van der Waals surface area contributed by atoms with Gasteiger partial charge in [0.05, 0.1) is 24.9 Å². The summed E-state index contributed by atoms with van der Waals surface area (Å²) in [5.74, 6) is -0.520. The minimum Gasteiger partial charge on any atom is -0.369 e. The smallest absolute Gasteiger partial charge is 0.369 e. The van der Waals surface area contributed by atoms with E-state index in [1.807, 2.05) is 0 Å². The Kier molecular flexibility index (Phi) is 8.26. The minimum atomic E-state index is -5.59. The zero-order valence-corrected chi connectivity index (χ0v) is 20.5. The van der Waals surface area contributed by atoms with Crippen LogP contribution in [0, 0.1) is 12.8 Å². The first-order chi connectivity index (χ1) is 16.2. The molecule has 1 aliphatic heterocycles. The van der Waals surface area contributed by atoms with Crippen molar-refractivity contribution < 1.29 is 55.5 Å². The lowest BCUT2D eigenvalue weighted by molar-refractivity contribution is -0.0655. The van der Waals surface area contributed by atoms with Crippen molar-refractivity contribution in [2.75, 3.05) is 20.4 Å². The summed E-state index contributed by atoms with van der Waals surface area (Å²) >= 11 is 0. The van der Waals surface area contributed by atoms with Gasteiger partial charge in [-0.2, -0.15) is 8.62 Å². The molecule has 4 N–H and O–H groups in total. The molecule has 2 heterocycles. The third kappa shape index (κ3) is 6.76. The molecule has 3 rings (SSSR count). The number of phosphoric ester groups is 2. The maximum Gasteiger partial charge on any atom is 0.490 e. The number of aromatic amines is 1. The summed E-state index contributed by atoms with van der Waals surface area (Å²) in [5, 5.41) is 3.23. The number of aryl methyl sites for hydroxylation is 1. The highest BCUT2D eigenvalue weighted by Crippen LogP contribution is 2.67. The van der Waals surface area contributed by atoms with Gasteiger partial charge in [0.2, 0.25) is 0 Å². The van der Waals surface area contributed by atoms with Crippen LogP contribution in [-0.4, -0.2) is 63.0 Å². The monoisotopic (exact) mass is 563 g/mol. The first kappa shape index (κ1) is 27.9. The number of rotatable bonds is 12. The van der Waals surface area contributed by atoms with E-state index in [0.29, 0.717) is 7.11 Å². The predicted octanol–water partition coefficient (Wildman–Crippen LogP) is 0.434. The van der Waals surface area contributed by atoms with E-state index in [0.717, 1.165) is 0 Å². The molecule has 196 valence electrons. The number of aromatic nitrogens is 2. The van der Waals surface area contributed by atoms with Gasteiger partial charge in [0.15, 0.2) is 0 Å². The van der Waals surface area contributed by atoms with Crippen LogP contribution in [0.3, 0.4) is 0 Å². The molecule has 0 spiro atoms. The van der Waals surface area contributed by atoms with Gasteiger partial charge in [0, 0.05) is 29.7 Å². The van der Waals surface area contributed by atoms with E-state index < -0.39 is 78.3 Å². The van der Waals surface area contributed by atoms with Crippen LogP contribution < -0.4 is 11.2 Å². The number of hydrogen-bond acceptors (Lipinski definition) is 12. The molecule has 0 radical (unpaired) electrons. The van der Waals surface area contributed by atoms with Crippen molar-refractivity contribution in [2.45, 2.75) is 31.3 Å². The molecule has 0 aromatic carbocycles. The molecule has 2 aliphatic rings. The second-order valence-corrected chi connectivity index (χ2v) is 12.0. The van der Waals surface area contributed by atoms with Crippen molar-refractivity contribution in [3.63, 3.8) is 0 Å². The number of azide groups is 1. The Morgan fingerprint density at radius 1 is 1.20 bits per heavy atom. The number of nitrogens with one attached hydrogen (secondary N) is 1. The maximum absolute atomic E-state index is 12.2. The zero-order valence-electron chi connectivity index (χ0n) is 17.8. The predicted molar refractivity (Wildman–Crippen MR) is 111 cm³/mol. The molecular formula is C13H20N5O14P3. The van der Waals surface area contributed by atoms with E-state index in [4.69, 9.17) is 19.9 Å². The molecule has 1 saturated heterocycles. The summed E-state index contributed by atoms with van der Waals surface area (Å²) in [5.41, 5.74) is 7.47. The Labute approximate surface area is 195 Å². The summed E-state index contributed by atoms with van der Waals surface area (Å²) < 4.78 is 63.7. The highest BCUT2D eigenvalue weighted by atomic mass is 31.3. The SMILES string of the molecule is COP(=O)(O)OP(=O)(O)OP(=O)(O)OC[C@H]1O[C@@H]2C(C2n2cc(C)c(=O)[nH]c2=O)[C@@H]1OCN=[N+]=[N-]. The van der Waals surface area contributed by atoms with Crippen molar-refractivity contribution >= 4 is 23.5 Å². The molecule has 1 aromatic heterocycles. The van der Waals surface area contributed by atoms with Crippen molar-refractivity contribution in [1.29, 1.82) is 0 Å². The van der Waals surface area contributed by atoms with Crippen LogP contribution in [0.25, 0.3) is 10.4 Å². The molecule has 2 fully saturated rings. The van der Waals surface area contributed by atoms with Crippen LogP contribution in [-0.2, 0) is 40.8 Å². The number of nitrogens with zero attached hydrogens (tertiary/aromatic N) is 4. The molecule has 35 heavy (non-hydrogen) atoms. The van der Waals surface area contributed by atoms with E-state index in [2.05, 4.69) is 32.7 Å². The van der Waals surface area contributed by atoms with Crippen LogP contribution in [0.15, 0.2) is 20.9 Å². The van der Waals surface area contributed by atoms with Crippen LogP contribution >= 0.6 is 23.5 Å². The van der Waals surface area contributed by atoms with E-state index in [1.54, 1.807) is 0 Å². The number of ether oxygens (including phenoxy) is 2. The molecule has 0 bridgehead atoms. The van der Waals surface area contributed by atoms with E-state index in [9.17, 15) is 33.1 Å². The summed E-state index contributed by atoms with van der Waals surface area (Å²) in [7, 11) is -15.3. The topological polar surface area (TPSA) is 271 Å². The lowest BCUT2D eigenvalue weighted by Gasteiger charge is -2.25. The quantitative estimate of drug-likeness (QED) is 0.116.